The normalized spacial score (nSPS) is 29.2. The summed E-state index contributed by atoms with van der Waals surface area (Å²) in [5, 5.41) is 0. The molecule has 6 heteroatoms. The SMILES string of the molecule is COC(=O)Cc1ccc([B-]23OCC[NH+]2CCO3)cc1. The highest BCUT2D eigenvalue weighted by Gasteiger charge is 2.50. The maximum atomic E-state index is 11.2. The zero-order chi connectivity index (χ0) is 13.3. The minimum atomic E-state index is -1.35. The Balaban J connectivity index is 1.81. The number of carbonyl (C=O) groups excluding carboxylic acids is 1. The molecule has 0 atom stereocenters. The van der Waals surface area contributed by atoms with Crippen LogP contribution in [0.2, 0.25) is 0 Å². The predicted molar refractivity (Wildman–Crippen MR) is 70.2 cm³/mol. The van der Waals surface area contributed by atoms with Crippen molar-refractivity contribution in [3.8, 4) is 0 Å². The molecule has 0 aromatic heterocycles. The lowest BCUT2D eigenvalue weighted by Gasteiger charge is -2.31. The highest BCUT2D eigenvalue weighted by Crippen LogP contribution is 2.10. The van der Waals surface area contributed by atoms with Crippen molar-refractivity contribution in [2.45, 2.75) is 6.42 Å². The molecule has 0 aliphatic carbocycles. The number of ether oxygens (including phenoxy) is 1. The summed E-state index contributed by atoms with van der Waals surface area (Å²) in [7, 11) is 1.40. The van der Waals surface area contributed by atoms with Gasteiger partial charge in [-0.3, -0.25) is 4.79 Å². The van der Waals surface area contributed by atoms with Crippen LogP contribution in [0.25, 0.3) is 0 Å². The molecule has 19 heavy (non-hydrogen) atoms. The number of rotatable bonds is 3. The number of carbonyl (C=O) groups is 1. The van der Waals surface area contributed by atoms with Crippen molar-refractivity contribution in [1.82, 2.24) is 0 Å². The van der Waals surface area contributed by atoms with Gasteiger partial charge in [0.15, 0.2) is 0 Å². The van der Waals surface area contributed by atoms with Gasteiger partial charge < -0.3 is 18.9 Å². The van der Waals surface area contributed by atoms with Gasteiger partial charge in [0.1, 0.15) is 0 Å². The van der Waals surface area contributed by atoms with Crippen molar-refractivity contribution < 1.29 is 23.7 Å². The Kier molecular flexibility index (Phi) is 3.30. The summed E-state index contributed by atoms with van der Waals surface area (Å²) < 4.78 is 16.5. The number of methoxy groups -OCH3 is 1. The van der Waals surface area contributed by atoms with Crippen LogP contribution in [0.4, 0.5) is 0 Å². The molecule has 2 heterocycles. The summed E-state index contributed by atoms with van der Waals surface area (Å²) in [6, 6.07) is 7.91. The average molecular weight is 263 g/mol. The maximum absolute atomic E-state index is 11.2. The van der Waals surface area contributed by atoms with Gasteiger partial charge in [-0.1, -0.05) is 29.7 Å². The summed E-state index contributed by atoms with van der Waals surface area (Å²) in [4.78, 5) is 12.6. The molecule has 3 rings (SSSR count). The number of hydrogen-bond donors (Lipinski definition) is 1. The molecule has 2 fully saturated rings. The van der Waals surface area contributed by atoms with E-state index in [2.05, 4.69) is 4.74 Å². The summed E-state index contributed by atoms with van der Waals surface area (Å²) in [6.45, 7) is 2.15. The summed E-state index contributed by atoms with van der Waals surface area (Å²) in [6.07, 6.45) is 0.301. The Bertz CT molecular complexity index is 466. The van der Waals surface area contributed by atoms with Gasteiger partial charge in [0, 0.05) is 0 Å². The van der Waals surface area contributed by atoms with Crippen molar-refractivity contribution in [3.63, 3.8) is 0 Å². The first kappa shape index (κ1) is 12.7. The van der Waals surface area contributed by atoms with Gasteiger partial charge in [-0.15, -0.1) is 0 Å². The molecule has 0 saturated carbocycles. The van der Waals surface area contributed by atoms with E-state index >= 15 is 0 Å². The van der Waals surface area contributed by atoms with Crippen LogP contribution in [0.3, 0.4) is 0 Å². The monoisotopic (exact) mass is 263 g/mol. The first-order chi connectivity index (χ1) is 9.24. The van der Waals surface area contributed by atoms with Gasteiger partial charge in [-0.05, 0) is 5.56 Å². The third-order valence-corrected chi connectivity index (χ3v) is 4.08. The molecule has 5 nitrogen and oxygen atoms in total. The predicted octanol–water partition coefficient (Wildman–Crippen LogP) is -1.51. The highest BCUT2D eigenvalue weighted by molar-refractivity contribution is 6.74. The minimum absolute atomic E-state index is 0.224. The first-order valence-corrected chi connectivity index (χ1v) is 6.68. The van der Waals surface area contributed by atoms with E-state index in [0.29, 0.717) is 6.42 Å². The lowest BCUT2D eigenvalue weighted by molar-refractivity contribution is -0.781. The average Bonchev–Trinajstić information content (AvgIpc) is 2.99. The molecular weight excluding hydrogens is 245 g/mol. The van der Waals surface area contributed by atoms with E-state index in [4.69, 9.17) is 9.31 Å². The van der Waals surface area contributed by atoms with Crippen LogP contribution in [0.15, 0.2) is 24.3 Å². The number of fused-ring (bicyclic) bond motifs is 1. The quantitative estimate of drug-likeness (QED) is 0.532. The first-order valence-electron chi connectivity index (χ1n) is 6.68. The summed E-state index contributed by atoms with van der Waals surface area (Å²) in [5.41, 5.74) is 2.03. The fraction of sp³-hybridized carbons (Fsp3) is 0.462. The molecule has 0 spiro atoms. The molecular formula is C13H18BNO4. The van der Waals surface area contributed by atoms with E-state index in [1.54, 1.807) is 0 Å². The van der Waals surface area contributed by atoms with E-state index in [-0.39, 0.29) is 5.97 Å². The Morgan fingerprint density at radius 1 is 1.26 bits per heavy atom. The topological polar surface area (TPSA) is 49.2 Å². The van der Waals surface area contributed by atoms with Crippen molar-refractivity contribution in [2.24, 2.45) is 0 Å². The largest absolute Gasteiger partial charge is 0.505 e. The second-order valence-corrected chi connectivity index (χ2v) is 5.11. The van der Waals surface area contributed by atoms with Crippen LogP contribution >= 0.6 is 0 Å². The molecule has 1 N–H and O–H groups in total. The minimum Gasteiger partial charge on any atom is -0.505 e. The van der Waals surface area contributed by atoms with Crippen LogP contribution in [0, 0.1) is 0 Å². The lowest BCUT2D eigenvalue weighted by atomic mass is 9.63. The number of nitrogens with one attached hydrogen (secondary N) is 1. The zero-order valence-corrected chi connectivity index (χ0v) is 11.1. The van der Waals surface area contributed by atoms with Gasteiger partial charge >= 0.3 is 12.7 Å². The fourth-order valence-electron chi connectivity index (χ4n) is 3.06. The Labute approximate surface area is 112 Å². The highest BCUT2D eigenvalue weighted by atomic mass is 16.6. The van der Waals surface area contributed by atoms with E-state index in [1.165, 1.54) is 11.9 Å². The Morgan fingerprint density at radius 3 is 2.47 bits per heavy atom. The standard InChI is InChI=1S/C13H18BNO4/c1-17-13(16)10-11-2-4-12(5-3-11)14-15(6-8-18-14)7-9-19-14/h2-5,15H,6-10H2,1H3. The van der Waals surface area contributed by atoms with Gasteiger partial charge in [-0.2, -0.15) is 0 Å². The smallest absolute Gasteiger partial charge is 0.501 e. The van der Waals surface area contributed by atoms with E-state index in [1.807, 2.05) is 24.3 Å². The summed E-state index contributed by atoms with van der Waals surface area (Å²) in [5.74, 6) is -0.224. The third-order valence-electron chi connectivity index (χ3n) is 4.08. The van der Waals surface area contributed by atoms with Crippen molar-refractivity contribution >= 4 is 18.1 Å². The lowest BCUT2D eigenvalue weighted by Crippen LogP contribution is -3.21. The zero-order valence-electron chi connectivity index (χ0n) is 11.1. The number of quaternary nitrogens is 1. The van der Waals surface area contributed by atoms with Gasteiger partial charge in [0.2, 0.25) is 0 Å². The summed E-state index contributed by atoms with van der Waals surface area (Å²) >= 11 is 0. The van der Waals surface area contributed by atoms with E-state index in [0.717, 1.165) is 37.3 Å². The molecule has 2 saturated heterocycles. The van der Waals surface area contributed by atoms with Gasteiger partial charge in [-0.25, -0.2) is 0 Å². The van der Waals surface area contributed by atoms with Crippen LogP contribution in [-0.4, -0.2) is 46.1 Å². The Morgan fingerprint density at radius 2 is 1.89 bits per heavy atom. The van der Waals surface area contributed by atoms with Gasteiger partial charge in [0.05, 0.1) is 39.8 Å². The molecule has 2 aliphatic heterocycles. The number of benzene rings is 1. The molecule has 0 unspecified atom stereocenters. The molecule has 0 bridgehead atoms. The van der Waals surface area contributed by atoms with Crippen LogP contribution in [-0.2, 0) is 25.3 Å². The van der Waals surface area contributed by atoms with Gasteiger partial charge in [0.25, 0.3) is 0 Å². The van der Waals surface area contributed by atoms with Crippen molar-refractivity contribution in [1.29, 1.82) is 0 Å². The number of hydrogen-bond acceptors (Lipinski definition) is 4. The fourth-order valence-corrected chi connectivity index (χ4v) is 3.06. The van der Waals surface area contributed by atoms with E-state index in [9.17, 15) is 4.79 Å². The molecule has 1 aromatic rings. The molecule has 102 valence electrons. The third kappa shape index (κ3) is 2.16. The molecule has 2 aliphatic rings. The van der Waals surface area contributed by atoms with Crippen LogP contribution in [0.1, 0.15) is 5.56 Å². The molecule has 1 aromatic carbocycles. The second-order valence-electron chi connectivity index (χ2n) is 5.11. The van der Waals surface area contributed by atoms with Crippen LogP contribution in [0.5, 0.6) is 0 Å². The number of esters is 1. The Hall–Kier alpha value is -1.37. The van der Waals surface area contributed by atoms with Crippen molar-refractivity contribution in [2.75, 3.05) is 33.4 Å². The van der Waals surface area contributed by atoms with Crippen molar-refractivity contribution in [3.05, 3.63) is 29.8 Å². The second kappa shape index (κ2) is 4.96. The molecule has 0 radical (unpaired) electrons. The van der Waals surface area contributed by atoms with Crippen LogP contribution < -0.4 is 10.3 Å². The molecule has 0 amide bonds. The van der Waals surface area contributed by atoms with E-state index < -0.39 is 6.69 Å². The maximum Gasteiger partial charge on any atom is 0.501 e.